The Morgan fingerprint density at radius 1 is 1.00 bits per heavy atom. The minimum absolute atomic E-state index is 0.0504. The minimum Gasteiger partial charge on any atom is -0.466 e. The molecule has 2 aromatic heterocycles. The molecular formula is C32H34N4O5. The average molecular weight is 555 g/mol. The SMILES string of the molecule is CCOC(=O)C[C@H](c1ccccc1)n1c(=O)n(Cc2cn(C)c3cccc(C)c23)c2ccc(C(=O)NCCO)cc21. The molecule has 0 bridgehead atoms. The highest BCUT2D eigenvalue weighted by atomic mass is 16.5. The van der Waals surface area contributed by atoms with Crippen molar-refractivity contribution in [2.24, 2.45) is 7.05 Å². The average Bonchev–Trinajstić information content (AvgIpc) is 3.44. The molecule has 2 N–H and O–H groups in total. The van der Waals surface area contributed by atoms with Gasteiger partial charge < -0.3 is 19.7 Å². The molecule has 2 heterocycles. The molecule has 5 aromatic rings. The van der Waals surface area contributed by atoms with Gasteiger partial charge in [0.05, 0.1) is 43.3 Å². The van der Waals surface area contributed by atoms with Gasteiger partial charge in [0.25, 0.3) is 5.91 Å². The van der Waals surface area contributed by atoms with Gasteiger partial charge in [-0.1, -0.05) is 42.5 Å². The number of carbonyl (C=O) groups excluding carboxylic acids is 2. The number of hydrogen-bond acceptors (Lipinski definition) is 5. The van der Waals surface area contributed by atoms with Crippen LogP contribution < -0.4 is 11.0 Å². The number of aryl methyl sites for hydroxylation is 2. The fourth-order valence-electron chi connectivity index (χ4n) is 5.58. The molecule has 0 spiro atoms. The molecule has 0 saturated carbocycles. The molecule has 5 rings (SSSR count). The van der Waals surface area contributed by atoms with Crippen LogP contribution in [0.5, 0.6) is 0 Å². The molecule has 9 heteroatoms. The highest BCUT2D eigenvalue weighted by Crippen LogP contribution is 2.29. The summed E-state index contributed by atoms with van der Waals surface area (Å²) >= 11 is 0. The largest absolute Gasteiger partial charge is 0.466 e. The third-order valence-corrected chi connectivity index (χ3v) is 7.41. The number of nitrogens with one attached hydrogen (secondary N) is 1. The van der Waals surface area contributed by atoms with Gasteiger partial charge in [-0.25, -0.2) is 4.79 Å². The number of aliphatic hydroxyl groups is 1. The van der Waals surface area contributed by atoms with Gasteiger partial charge in [-0.2, -0.15) is 0 Å². The van der Waals surface area contributed by atoms with Gasteiger partial charge >= 0.3 is 11.7 Å². The number of esters is 1. The summed E-state index contributed by atoms with van der Waals surface area (Å²) in [7, 11) is 1.99. The summed E-state index contributed by atoms with van der Waals surface area (Å²) in [5.74, 6) is -0.783. The molecule has 41 heavy (non-hydrogen) atoms. The van der Waals surface area contributed by atoms with Crippen molar-refractivity contribution in [3.63, 3.8) is 0 Å². The van der Waals surface area contributed by atoms with Crippen LogP contribution in [0, 0.1) is 6.92 Å². The summed E-state index contributed by atoms with van der Waals surface area (Å²) in [6.45, 7) is 4.26. The molecule has 1 atom stereocenters. The van der Waals surface area contributed by atoms with Crippen LogP contribution in [0.3, 0.4) is 0 Å². The number of aliphatic hydroxyl groups excluding tert-OH is 1. The maximum atomic E-state index is 14.4. The van der Waals surface area contributed by atoms with Gasteiger partial charge in [0.2, 0.25) is 0 Å². The van der Waals surface area contributed by atoms with E-state index in [4.69, 9.17) is 4.74 Å². The Kier molecular flexibility index (Phi) is 8.07. The first-order valence-corrected chi connectivity index (χ1v) is 13.7. The Morgan fingerprint density at radius 3 is 2.51 bits per heavy atom. The zero-order chi connectivity index (χ0) is 29.1. The molecule has 3 aromatic carbocycles. The Morgan fingerprint density at radius 2 is 1.78 bits per heavy atom. The van der Waals surface area contributed by atoms with Gasteiger partial charge in [0, 0.05) is 36.3 Å². The van der Waals surface area contributed by atoms with E-state index in [1.54, 1.807) is 34.3 Å². The van der Waals surface area contributed by atoms with Gasteiger partial charge in [0.15, 0.2) is 0 Å². The zero-order valence-corrected chi connectivity index (χ0v) is 23.5. The van der Waals surface area contributed by atoms with Crippen molar-refractivity contribution in [1.29, 1.82) is 0 Å². The highest BCUT2D eigenvalue weighted by Gasteiger charge is 2.26. The van der Waals surface area contributed by atoms with E-state index in [0.717, 1.165) is 27.6 Å². The maximum absolute atomic E-state index is 14.4. The van der Waals surface area contributed by atoms with Crippen molar-refractivity contribution in [3.05, 3.63) is 106 Å². The van der Waals surface area contributed by atoms with Crippen molar-refractivity contribution in [3.8, 4) is 0 Å². The maximum Gasteiger partial charge on any atom is 0.330 e. The van der Waals surface area contributed by atoms with Crippen LogP contribution in [-0.4, -0.2) is 50.4 Å². The van der Waals surface area contributed by atoms with Crippen LogP contribution in [0.15, 0.2) is 77.7 Å². The number of amides is 1. The van der Waals surface area contributed by atoms with Crippen LogP contribution in [-0.2, 0) is 23.1 Å². The smallest absolute Gasteiger partial charge is 0.330 e. The number of aromatic nitrogens is 3. The zero-order valence-electron chi connectivity index (χ0n) is 23.5. The Balaban J connectivity index is 1.73. The second-order valence-electron chi connectivity index (χ2n) is 10.1. The van der Waals surface area contributed by atoms with Crippen LogP contribution in [0.2, 0.25) is 0 Å². The van der Waals surface area contributed by atoms with E-state index in [9.17, 15) is 19.5 Å². The summed E-state index contributed by atoms with van der Waals surface area (Å²) in [6, 6.07) is 20.0. The third kappa shape index (κ3) is 5.40. The molecule has 0 aliphatic heterocycles. The first-order chi connectivity index (χ1) is 19.8. The van der Waals surface area contributed by atoms with Crippen molar-refractivity contribution >= 4 is 33.8 Å². The molecule has 0 aliphatic rings. The van der Waals surface area contributed by atoms with Gasteiger partial charge in [-0.05, 0) is 54.8 Å². The number of ether oxygens (including phenoxy) is 1. The highest BCUT2D eigenvalue weighted by molar-refractivity contribution is 5.97. The number of rotatable bonds is 10. The van der Waals surface area contributed by atoms with E-state index < -0.39 is 12.0 Å². The molecule has 0 fully saturated rings. The minimum atomic E-state index is -0.656. The monoisotopic (exact) mass is 554 g/mol. The number of nitrogens with zero attached hydrogens (tertiary/aromatic N) is 3. The van der Waals surface area contributed by atoms with Crippen molar-refractivity contribution < 1.29 is 19.4 Å². The van der Waals surface area contributed by atoms with E-state index in [1.165, 1.54) is 0 Å². The van der Waals surface area contributed by atoms with Gasteiger partial charge in [-0.15, -0.1) is 0 Å². The normalized spacial score (nSPS) is 12.1. The Hall–Kier alpha value is -4.63. The molecular weight excluding hydrogens is 520 g/mol. The fourth-order valence-corrected chi connectivity index (χ4v) is 5.58. The first-order valence-electron chi connectivity index (χ1n) is 13.7. The summed E-state index contributed by atoms with van der Waals surface area (Å²) in [6.07, 6.45) is 1.99. The summed E-state index contributed by atoms with van der Waals surface area (Å²) in [5, 5.41) is 12.9. The van der Waals surface area contributed by atoms with Crippen LogP contribution in [0.1, 0.15) is 46.4 Å². The lowest BCUT2D eigenvalue weighted by Crippen LogP contribution is -2.30. The summed E-state index contributed by atoms with van der Waals surface area (Å²) < 4.78 is 10.6. The third-order valence-electron chi connectivity index (χ3n) is 7.41. The van der Waals surface area contributed by atoms with Crippen molar-refractivity contribution in [2.75, 3.05) is 19.8 Å². The number of hydrogen-bond donors (Lipinski definition) is 2. The molecule has 9 nitrogen and oxygen atoms in total. The number of benzene rings is 3. The summed E-state index contributed by atoms with van der Waals surface area (Å²) in [5.41, 5.74) is 5.18. The van der Waals surface area contributed by atoms with Gasteiger partial charge in [-0.3, -0.25) is 18.7 Å². The molecule has 0 saturated heterocycles. The van der Waals surface area contributed by atoms with E-state index in [0.29, 0.717) is 23.1 Å². The quantitative estimate of drug-likeness (QED) is 0.255. The molecule has 0 unspecified atom stereocenters. The van der Waals surface area contributed by atoms with Crippen LogP contribution in [0.25, 0.3) is 21.9 Å². The lowest BCUT2D eigenvalue weighted by molar-refractivity contribution is -0.143. The Labute approximate surface area is 237 Å². The second kappa shape index (κ2) is 11.9. The molecule has 1 amide bonds. The van der Waals surface area contributed by atoms with Gasteiger partial charge in [0.1, 0.15) is 0 Å². The van der Waals surface area contributed by atoms with E-state index in [2.05, 4.69) is 28.9 Å². The van der Waals surface area contributed by atoms with Crippen LogP contribution in [0.4, 0.5) is 0 Å². The Bertz CT molecular complexity index is 1780. The fraction of sp³-hybridized carbons (Fsp3) is 0.281. The summed E-state index contributed by atoms with van der Waals surface area (Å²) in [4.78, 5) is 40.0. The topological polar surface area (TPSA) is 107 Å². The lowest BCUT2D eigenvalue weighted by atomic mass is 10.0. The van der Waals surface area contributed by atoms with Crippen LogP contribution >= 0.6 is 0 Å². The van der Waals surface area contributed by atoms with Crippen molar-refractivity contribution in [1.82, 2.24) is 19.0 Å². The molecule has 0 aliphatic carbocycles. The van der Waals surface area contributed by atoms with E-state index >= 15 is 0 Å². The number of fused-ring (bicyclic) bond motifs is 2. The van der Waals surface area contributed by atoms with E-state index in [1.807, 2.05) is 49.6 Å². The molecule has 0 radical (unpaired) electrons. The molecule has 212 valence electrons. The number of carbonyl (C=O) groups is 2. The predicted molar refractivity (Wildman–Crippen MR) is 158 cm³/mol. The second-order valence-corrected chi connectivity index (χ2v) is 10.1. The first kappa shape index (κ1) is 27.9. The number of imidazole rings is 1. The predicted octanol–water partition coefficient (Wildman–Crippen LogP) is 3.92. The lowest BCUT2D eigenvalue weighted by Gasteiger charge is -2.19. The van der Waals surface area contributed by atoms with E-state index in [-0.39, 0.29) is 37.8 Å². The standard InChI is InChI=1S/C32H34N4O5/c1-4-41-29(38)18-27(22-10-6-5-7-11-22)36-28-17-23(31(39)33-15-16-37)13-14-25(28)35(32(36)40)20-24-19-34(3)26-12-8-9-21(2)30(24)26/h5-14,17,19,27,37H,4,15-16,18,20H2,1-3H3,(H,33,39)/t27-/m1/s1. The van der Waals surface area contributed by atoms with Crippen molar-refractivity contribution in [2.45, 2.75) is 32.9 Å².